The monoisotopic (exact) mass is 303 g/mol. The Kier molecular flexibility index (Phi) is 3.48. The first-order valence-electron chi connectivity index (χ1n) is 7.48. The van der Waals surface area contributed by atoms with Gasteiger partial charge in [-0.1, -0.05) is 38.4 Å². The van der Waals surface area contributed by atoms with Crippen LogP contribution < -0.4 is 5.32 Å². The van der Waals surface area contributed by atoms with E-state index in [0.717, 1.165) is 29.2 Å². The van der Waals surface area contributed by atoms with E-state index >= 15 is 0 Å². The molecule has 0 radical (unpaired) electrons. The minimum Gasteiger partial charge on any atom is -0.375 e. The molecule has 0 saturated heterocycles. The van der Waals surface area contributed by atoms with E-state index in [1.807, 2.05) is 17.8 Å². The van der Waals surface area contributed by atoms with Gasteiger partial charge in [0.05, 0.1) is 17.4 Å². The summed E-state index contributed by atoms with van der Waals surface area (Å²) in [5.41, 5.74) is 5.12. The molecule has 1 atom stereocenters. The Labute approximate surface area is 131 Å². The molecule has 21 heavy (non-hydrogen) atoms. The zero-order valence-corrected chi connectivity index (χ0v) is 13.8. The van der Waals surface area contributed by atoms with Crippen LogP contribution in [0.15, 0.2) is 24.4 Å². The summed E-state index contributed by atoms with van der Waals surface area (Å²) in [6.45, 7) is 6.75. The normalized spacial score (nSPS) is 19.6. The molecule has 0 spiro atoms. The van der Waals surface area contributed by atoms with Crippen molar-refractivity contribution in [2.75, 3.05) is 5.32 Å². The fourth-order valence-corrected chi connectivity index (χ4v) is 3.53. The molecule has 1 N–H and O–H groups in total. The summed E-state index contributed by atoms with van der Waals surface area (Å²) in [4.78, 5) is 0. The molecule has 0 aliphatic heterocycles. The SMILES string of the molecule is CCc1nn(C)cc1NC1c2cc(Cl)ccc2CC1(C)C. The van der Waals surface area contributed by atoms with Crippen LogP contribution >= 0.6 is 11.6 Å². The highest BCUT2D eigenvalue weighted by molar-refractivity contribution is 6.30. The first-order valence-corrected chi connectivity index (χ1v) is 7.86. The van der Waals surface area contributed by atoms with Crippen molar-refractivity contribution >= 4 is 17.3 Å². The van der Waals surface area contributed by atoms with Crippen molar-refractivity contribution in [3.8, 4) is 0 Å². The molecular weight excluding hydrogens is 282 g/mol. The highest BCUT2D eigenvalue weighted by Gasteiger charge is 2.39. The van der Waals surface area contributed by atoms with Crippen LogP contribution in [0.3, 0.4) is 0 Å². The Morgan fingerprint density at radius 1 is 1.43 bits per heavy atom. The average Bonchev–Trinajstić information content (AvgIpc) is 2.88. The molecule has 0 saturated carbocycles. The largest absolute Gasteiger partial charge is 0.375 e. The molecule has 2 aromatic rings. The number of fused-ring (bicyclic) bond motifs is 1. The quantitative estimate of drug-likeness (QED) is 0.912. The Morgan fingerprint density at radius 3 is 2.90 bits per heavy atom. The maximum Gasteiger partial charge on any atom is 0.0853 e. The molecule has 1 aliphatic carbocycles. The predicted octanol–water partition coefficient (Wildman–Crippen LogP) is 4.37. The fourth-order valence-electron chi connectivity index (χ4n) is 3.35. The molecule has 0 fully saturated rings. The highest BCUT2D eigenvalue weighted by Crippen LogP contribution is 2.47. The molecular formula is C17H22ClN3. The fraction of sp³-hybridized carbons (Fsp3) is 0.471. The molecule has 0 bridgehead atoms. The van der Waals surface area contributed by atoms with Gasteiger partial charge in [-0.05, 0) is 41.5 Å². The number of anilines is 1. The number of aryl methyl sites for hydroxylation is 2. The van der Waals surface area contributed by atoms with Gasteiger partial charge >= 0.3 is 0 Å². The number of aromatic nitrogens is 2. The van der Waals surface area contributed by atoms with Crippen LogP contribution in [0.1, 0.15) is 43.6 Å². The second-order valence-electron chi connectivity index (χ2n) is 6.60. The Morgan fingerprint density at radius 2 is 2.19 bits per heavy atom. The zero-order valence-electron chi connectivity index (χ0n) is 13.1. The van der Waals surface area contributed by atoms with E-state index in [-0.39, 0.29) is 11.5 Å². The van der Waals surface area contributed by atoms with Gasteiger partial charge in [0.15, 0.2) is 0 Å². The lowest BCUT2D eigenvalue weighted by molar-refractivity contribution is 0.337. The molecule has 1 aromatic heterocycles. The van der Waals surface area contributed by atoms with E-state index in [4.69, 9.17) is 11.6 Å². The lowest BCUT2D eigenvalue weighted by Crippen LogP contribution is -2.24. The molecule has 1 aliphatic rings. The second kappa shape index (κ2) is 5.06. The van der Waals surface area contributed by atoms with Gasteiger partial charge in [0.1, 0.15) is 0 Å². The van der Waals surface area contributed by atoms with E-state index in [2.05, 4.69) is 49.5 Å². The first-order chi connectivity index (χ1) is 9.90. The highest BCUT2D eigenvalue weighted by atomic mass is 35.5. The number of hydrogen-bond donors (Lipinski definition) is 1. The zero-order chi connectivity index (χ0) is 15.2. The molecule has 3 nitrogen and oxygen atoms in total. The van der Waals surface area contributed by atoms with Crippen molar-refractivity contribution in [2.45, 2.75) is 39.7 Å². The van der Waals surface area contributed by atoms with Gasteiger partial charge in [-0.15, -0.1) is 0 Å². The topological polar surface area (TPSA) is 29.9 Å². The van der Waals surface area contributed by atoms with Gasteiger partial charge < -0.3 is 5.32 Å². The van der Waals surface area contributed by atoms with Crippen molar-refractivity contribution in [1.82, 2.24) is 9.78 Å². The Bertz CT molecular complexity index is 673. The molecule has 1 unspecified atom stereocenters. The summed E-state index contributed by atoms with van der Waals surface area (Å²) in [6.07, 6.45) is 4.06. The minimum absolute atomic E-state index is 0.161. The number of hydrogen-bond acceptors (Lipinski definition) is 2. The van der Waals surface area contributed by atoms with Gasteiger partial charge in [0.2, 0.25) is 0 Å². The molecule has 3 rings (SSSR count). The van der Waals surface area contributed by atoms with E-state index in [0.29, 0.717) is 0 Å². The lowest BCUT2D eigenvalue weighted by Gasteiger charge is -2.29. The summed E-state index contributed by atoms with van der Waals surface area (Å²) in [5, 5.41) is 9.04. The third-order valence-corrected chi connectivity index (χ3v) is 4.62. The summed E-state index contributed by atoms with van der Waals surface area (Å²) in [6, 6.07) is 6.51. The van der Waals surface area contributed by atoms with Crippen molar-refractivity contribution in [3.05, 3.63) is 46.2 Å². The minimum atomic E-state index is 0.161. The van der Waals surface area contributed by atoms with Gasteiger partial charge in [0, 0.05) is 18.3 Å². The Balaban J connectivity index is 1.99. The summed E-state index contributed by atoms with van der Waals surface area (Å²) < 4.78 is 1.88. The number of nitrogens with one attached hydrogen (secondary N) is 1. The second-order valence-corrected chi connectivity index (χ2v) is 7.04. The lowest BCUT2D eigenvalue weighted by atomic mass is 9.85. The number of rotatable bonds is 3. The summed E-state index contributed by atoms with van der Waals surface area (Å²) >= 11 is 6.20. The van der Waals surface area contributed by atoms with Crippen molar-refractivity contribution < 1.29 is 0 Å². The van der Waals surface area contributed by atoms with Crippen molar-refractivity contribution in [1.29, 1.82) is 0 Å². The van der Waals surface area contributed by atoms with Crippen LogP contribution in [0.5, 0.6) is 0 Å². The van der Waals surface area contributed by atoms with E-state index in [1.165, 1.54) is 11.1 Å². The number of benzene rings is 1. The number of halogens is 1. The molecule has 1 heterocycles. The predicted molar refractivity (Wildman–Crippen MR) is 87.9 cm³/mol. The molecule has 4 heteroatoms. The van der Waals surface area contributed by atoms with Crippen LogP contribution in [0.4, 0.5) is 5.69 Å². The first kappa shape index (κ1) is 14.5. The van der Waals surface area contributed by atoms with Gasteiger partial charge in [0.25, 0.3) is 0 Å². The average molecular weight is 304 g/mol. The van der Waals surface area contributed by atoms with Crippen LogP contribution in [0.25, 0.3) is 0 Å². The summed E-state index contributed by atoms with van der Waals surface area (Å²) in [5.74, 6) is 0. The molecule has 0 amide bonds. The van der Waals surface area contributed by atoms with Crippen LogP contribution in [0.2, 0.25) is 5.02 Å². The van der Waals surface area contributed by atoms with Gasteiger partial charge in [-0.3, -0.25) is 4.68 Å². The van der Waals surface area contributed by atoms with Crippen LogP contribution in [-0.4, -0.2) is 9.78 Å². The maximum absolute atomic E-state index is 6.20. The van der Waals surface area contributed by atoms with Gasteiger partial charge in [-0.2, -0.15) is 5.10 Å². The van der Waals surface area contributed by atoms with E-state index in [1.54, 1.807) is 0 Å². The van der Waals surface area contributed by atoms with Gasteiger partial charge in [-0.25, -0.2) is 0 Å². The standard InChI is InChI=1S/C17H22ClN3/c1-5-14-15(10-21(4)20-14)19-16-13-8-12(18)7-6-11(13)9-17(16,2)3/h6-8,10,16,19H,5,9H2,1-4H3. The van der Waals surface area contributed by atoms with Crippen molar-refractivity contribution in [2.24, 2.45) is 12.5 Å². The molecule has 112 valence electrons. The van der Waals surface area contributed by atoms with Crippen molar-refractivity contribution in [3.63, 3.8) is 0 Å². The van der Waals surface area contributed by atoms with E-state index in [9.17, 15) is 0 Å². The third kappa shape index (κ3) is 2.55. The smallest absolute Gasteiger partial charge is 0.0853 e. The Hall–Kier alpha value is -1.48. The van der Waals surface area contributed by atoms with Crippen LogP contribution in [-0.2, 0) is 19.9 Å². The van der Waals surface area contributed by atoms with E-state index < -0.39 is 0 Å². The van der Waals surface area contributed by atoms with Crippen LogP contribution in [0, 0.1) is 5.41 Å². The number of nitrogens with zero attached hydrogens (tertiary/aromatic N) is 2. The summed E-state index contributed by atoms with van der Waals surface area (Å²) in [7, 11) is 1.97. The third-order valence-electron chi connectivity index (χ3n) is 4.39. The molecule has 1 aromatic carbocycles. The maximum atomic E-state index is 6.20.